The van der Waals surface area contributed by atoms with E-state index in [9.17, 15) is 9.18 Å². The van der Waals surface area contributed by atoms with Crippen LogP contribution >= 0.6 is 0 Å². The summed E-state index contributed by atoms with van der Waals surface area (Å²) in [5.41, 5.74) is 3.17. The summed E-state index contributed by atoms with van der Waals surface area (Å²) >= 11 is 0. The second-order valence-electron chi connectivity index (χ2n) is 7.48. The van der Waals surface area contributed by atoms with Crippen molar-refractivity contribution in [1.82, 2.24) is 9.80 Å². The molecule has 1 aliphatic rings. The third-order valence-corrected chi connectivity index (χ3v) is 5.61. The number of halogens is 1. The molecule has 0 bridgehead atoms. The molecule has 3 aromatic rings. The third-order valence-electron chi connectivity index (χ3n) is 5.61. The monoisotopic (exact) mass is 388 g/mol. The Bertz CT molecular complexity index is 944. The van der Waals surface area contributed by atoms with Crippen molar-refractivity contribution in [3.8, 4) is 0 Å². The number of carbonyl (C=O) groups is 1. The van der Waals surface area contributed by atoms with Gasteiger partial charge in [0.05, 0.1) is 12.1 Å². The molecule has 2 amide bonds. The first-order valence-corrected chi connectivity index (χ1v) is 10.1. The molecule has 0 aliphatic carbocycles. The first-order chi connectivity index (χ1) is 14.2. The number of hydrogen-bond acceptors (Lipinski definition) is 1. The molecule has 1 heterocycles. The highest BCUT2D eigenvalue weighted by Gasteiger charge is 2.45. The average Bonchev–Trinajstić information content (AvgIpc) is 3.01. The lowest BCUT2D eigenvalue weighted by Crippen LogP contribution is -2.34. The van der Waals surface area contributed by atoms with Gasteiger partial charge in [0.25, 0.3) is 0 Å². The van der Waals surface area contributed by atoms with Crippen LogP contribution in [0.3, 0.4) is 0 Å². The number of rotatable bonds is 6. The number of carbonyl (C=O) groups excluding carboxylic acids is 1. The van der Waals surface area contributed by atoms with Gasteiger partial charge in [0.2, 0.25) is 0 Å². The van der Waals surface area contributed by atoms with Crippen molar-refractivity contribution in [2.45, 2.75) is 38.5 Å². The molecule has 1 saturated heterocycles. The van der Waals surface area contributed by atoms with Crippen molar-refractivity contribution in [1.29, 1.82) is 0 Å². The van der Waals surface area contributed by atoms with Crippen LogP contribution in [-0.2, 0) is 13.1 Å². The predicted molar refractivity (Wildman–Crippen MR) is 113 cm³/mol. The summed E-state index contributed by atoms with van der Waals surface area (Å²) in [6.07, 6.45) is 0.825. The summed E-state index contributed by atoms with van der Waals surface area (Å²) in [5.74, 6) is -0.262. The average molecular weight is 388 g/mol. The first kappa shape index (κ1) is 19.2. The molecule has 0 saturated carbocycles. The van der Waals surface area contributed by atoms with Gasteiger partial charge in [-0.3, -0.25) is 0 Å². The molecule has 1 fully saturated rings. The number of amides is 2. The van der Waals surface area contributed by atoms with Gasteiger partial charge in [-0.25, -0.2) is 9.18 Å². The molecule has 3 nitrogen and oxygen atoms in total. The standard InChI is InChI=1S/C25H25FN2O/c1-2-23-24(21-13-15-22(26)16-14-21)28(18-20-11-7-4-8-12-20)25(29)27(23)17-19-9-5-3-6-10-19/h3-16,23-24H,2,17-18H2,1H3/t23-,24+/m0/s1. The van der Waals surface area contributed by atoms with Gasteiger partial charge in [-0.15, -0.1) is 0 Å². The van der Waals surface area contributed by atoms with Gasteiger partial charge < -0.3 is 9.80 Å². The minimum absolute atomic E-state index is 0.0249. The van der Waals surface area contributed by atoms with Crippen molar-refractivity contribution in [3.05, 3.63) is 107 Å². The Balaban J connectivity index is 1.71. The highest BCUT2D eigenvalue weighted by Crippen LogP contribution is 2.39. The van der Waals surface area contributed by atoms with E-state index in [-0.39, 0.29) is 23.9 Å². The quantitative estimate of drug-likeness (QED) is 0.525. The van der Waals surface area contributed by atoms with Crippen LogP contribution in [-0.4, -0.2) is 21.9 Å². The zero-order chi connectivity index (χ0) is 20.2. The molecule has 0 N–H and O–H groups in total. The van der Waals surface area contributed by atoms with Crippen LogP contribution < -0.4 is 0 Å². The lowest BCUT2D eigenvalue weighted by molar-refractivity contribution is 0.180. The van der Waals surface area contributed by atoms with Gasteiger partial charge in [-0.2, -0.15) is 0 Å². The molecule has 29 heavy (non-hydrogen) atoms. The number of benzene rings is 3. The second kappa shape index (κ2) is 8.48. The first-order valence-electron chi connectivity index (χ1n) is 10.1. The molecule has 0 radical (unpaired) electrons. The smallest absolute Gasteiger partial charge is 0.315 e. The van der Waals surface area contributed by atoms with Gasteiger partial charge in [0, 0.05) is 13.1 Å². The Hall–Kier alpha value is -3.14. The van der Waals surface area contributed by atoms with Gasteiger partial charge in [0.1, 0.15) is 5.82 Å². The summed E-state index contributed by atoms with van der Waals surface area (Å²) in [4.78, 5) is 17.4. The van der Waals surface area contributed by atoms with Crippen molar-refractivity contribution < 1.29 is 9.18 Å². The van der Waals surface area contributed by atoms with E-state index in [4.69, 9.17) is 0 Å². The van der Waals surface area contributed by atoms with Crippen LogP contribution in [0.15, 0.2) is 84.9 Å². The molecule has 4 rings (SSSR count). The summed E-state index contributed by atoms with van der Waals surface area (Å²) in [6, 6.07) is 26.6. The molecule has 0 spiro atoms. The highest BCUT2D eigenvalue weighted by atomic mass is 19.1. The maximum Gasteiger partial charge on any atom is 0.321 e. The van der Waals surface area contributed by atoms with E-state index in [0.717, 1.165) is 23.1 Å². The Morgan fingerprint density at radius 3 is 1.79 bits per heavy atom. The molecule has 4 heteroatoms. The fourth-order valence-electron chi connectivity index (χ4n) is 4.22. The predicted octanol–water partition coefficient (Wildman–Crippen LogP) is 5.78. The van der Waals surface area contributed by atoms with E-state index in [1.165, 1.54) is 12.1 Å². The van der Waals surface area contributed by atoms with Crippen molar-refractivity contribution in [2.24, 2.45) is 0 Å². The van der Waals surface area contributed by atoms with E-state index in [0.29, 0.717) is 13.1 Å². The second-order valence-corrected chi connectivity index (χ2v) is 7.48. The van der Waals surface area contributed by atoms with Gasteiger partial charge >= 0.3 is 6.03 Å². The van der Waals surface area contributed by atoms with Gasteiger partial charge in [-0.05, 0) is 35.2 Å². The molecule has 0 aromatic heterocycles. The summed E-state index contributed by atoms with van der Waals surface area (Å²) in [7, 11) is 0. The van der Waals surface area contributed by atoms with Crippen LogP contribution in [0.1, 0.15) is 36.1 Å². The lowest BCUT2D eigenvalue weighted by Gasteiger charge is -2.28. The van der Waals surface area contributed by atoms with Gasteiger partial charge in [0.15, 0.2) is 0 Å². The van der Waals surface area contributed by atoms with Gasteiger partial charge in [-0.1, -0.05) is 79.7 Å². The van der Waals surface area contributed by atoms with Crippen LogP contribution in [0, 0.1) is 5.82 Å². The Morgan fingerprint density at radius 2 is 1.28 bits per heavy atom. The van der Waals surface area contributed by atoms with Crippen LogP contribution in [0.2, 0.25) is 0 Å². The fourth-order valence-corrected chi connectivity index (χ4v) is 4.22. The minimum Gasteiger partial charge on any atom is -0.315 e. The van der Waals surface area contributed by atoms with Crippen molar-refractivity contribution >= 4 is 6.03 Å². The summed E-state index contributed by atoms with van der Waals surface area (Å²) in [6.45, 7) is 3.21. The molecule has 0 unspecified atom stereocenters. The molecule has 148 valence electrons. The summed E-state index contributed by atoms with van der Waals surface area (Å²) in [5, 5.41) is 0. The normalized spacial score (nSPS) is 19.0. The molecule has 3 aromatic carbocycles. The zero-order valence-electron chi connectivity index (χ0n) is 16.5. The fraction of sp³-hybridized carbons (Fsp3) is 0.240. The van der Waals surface area contributed by atoms with Crippen molar-refractivity contribution in [2.75, 3.05) is 0 Å². The molecule has 1 aliphatic heterocycles. The molecular formula is C25H25FN2O. The van der Waals surface area contributed by atoms with Crippen LogP contribution in [0.25, 0.3) is 0 Å². The van der Waals surface area contributed by atoms with Crippen molar-refractivity contribution in [3.63, 3.8) is 0 Å². The largest absolute Gasteiger partial charge is 0.321 e. The maximum absolute atomic E-state index is 13.5. The van der Waals surface area contributed by atoms with E-state index in [1.54, 1.807) is 12.1 Å². The Kier molecular flexibility index (Phi) is 5.61. The SMILES string of the molecule is CC[C@H]1[C@@H](c2ccc(F)cc2)N(Cc2ccccc2)C(=O)N1Cc1ccccc1. The number of nitrogens with zero attached hydrogens (tertiary/aromatic N) is 2. The van der Waals surface area contributed by atoms with E-state index in [1.807, 2.05) is 70.5 Å². The van der Waals surface area contributed by atoms with E-state index < -0.39 is 0 Å². The van der Waals surface area contributed by atoms with Crippen LogP contribution in [0.4, 0.5) is 9.18 Å². The van der Waals surface area contributed by atoms with Crippen LogP contribution in [0.5, 0.6) is 0 Å². The Labute approximate surface area is 171 Å². The molecular weight excluding hydrogens is 363 g/mol. The number of urea groups is 1. The third kappa shape index (κ3) is 4.02. The maximum atomic E-state index is 13.5. The Morgan fingerprint density at radius 1 is 0.759 bits per heavy atom. The lowest BCUT2D eigenvalue weighted by atomic mass is 9.96. The topological polar surface area (TPSA) is 23.6 Å². The zero-order valence-corrected chi connectivity index (χ0v) is 16.5. The highest BCUT2D eigenvalue weighted by molar-refractivity contribution is 5.78. The summed E-state index contributed by atoms with van der Waals surface area (Å²) < 4.78 is 13.5. The minimum atomic E-state index is -0.262. The van der Waals surface area contributed by atoms with E-state index in [2.05, 4.69) is 6.92 Å². The van der Waals surface area contributed by atoms with E-state index >= 15 is 0 Å². The molecule has 2 atom stereocenters. The number of hydrogen-bond donors (Lipinski definition) is 0.